The first-order valence-electron chi connectivity index (χ1n) is 10.2. The molecular formula is C21H32N6O. The summed E-state index contributed by atoms with van der Waals surface area (Å²) in [4.78, 5) is 19.4. The number of anilines is 1. The van der Waals surface area contributed by atoms with Gasteiger partial charge in [0.25, 0.3) is 0 Å². The molecule has 3 rings (SSSR count). The number of benzene rings is 1. The lowest BCUT2D eigenvalue weighted by atomic mass is 10.0. The van der Waals surface area contributed by atoms with Crippen molar-refractivity contribution in [1.82, 2.24) is 25.0 Å². The molecule has 2 aromatic rings. The fraction of sp³-hybridized carbons (Fsp3) is 0.571. The minimum atomic E-state index is -0.219. The molecular weight excluding hydrogens is 352 g/mol. The Morgan fingerprint density at radius 3 is 2.68 bits per heavy atom. The fourth-order valence-electron chi connectivity index (χ4n) is 3.77. The van der Waals surface area contributed by atoms with E-state index in [0.29, 0.717) is 5.92 Å². The lowest BCUT2D eigenvalue weighted by Crippen LogP contribution is -2.34. The van der Waals surface area contributed by atoms with Gasteiger partial charge in [-0.1, -0.05) is 32.4 Å². The van der Waals surface area contributed by atoms with Crippen molar-refractivity contribution < 1.29 is 4.79 Å². The zero-order chi connectivity index (χ0) is 19.9. The van der Waals surface area contributed by atoms with Gasteiger partial charge >= 0.3 is 6.03 Å². The summed E-state index contributed by atoms with van der Waals surface area (Å²) in [6, 6.07) is 7.72. The van der Waals surface area contributed by atoms with E-state index >= 15 is 0 Å². The maximum atomic E-state index is 12.6. The number of rotatable bonds is 7. The number of carbonyl (C=O) groups is 1. The van der Waals surface area contributed by atoms with Crippen LogP contribution in [0.25, 0.3) is 0 Å². The summed E-state index contributed by atoms with van der Waals surface area (Å²) >= 11 is 0. The third-order valence-corrected chi connectivity index (χ3v) is 5.11. The largest absolute Gasteiger partial charge is 0.328 e. The van der Waals surface area contributed by atoms with Gasteiger partial charge in [-0.2, -0.15) is 5.10 Å². The average Bonchev–Trinajstić information content (AvgIpc) is 3.08. The lowest BCUT2D eigenvalue weighted by molar-refractivity contribution is 0.221. The highest BCUT2D eigenvalue weighted by atomic mass is 16.2. The van der Waals surface area contributed by atoms with Gasteiger partial charge in [0.05, 0.1) is 6.04 Å². The second-order valence-corrected chi connectivity index (χ2v) is 8.06. The molecule has 152 valence electrons. The number of hydrogen-bond acceptors (Lipinski definition) is 4. The van der Waals surface area contributed by atoms with E-state index in [4.69, 9.17) is 0 Å². The average molecular weight is 385 g/mol. The lowest BCUT2D eigenvalue weighted by Gasteiger charge is -2.26. The molecule has 7 heteroatoms. The number of piperidine rings is 1. The molecule has 0 spiro atoms. The maximum Gasteiger partial charge on any atom is 0.319 e. The smallest absolute Gasteiger partial charge is 0.319 e. The molecule has 1 fully saturated rings. The first-order valence-corrected chi connectivity index (χ1v) is 10.2. The summed E-state index contributed by atoms with van der Waals surface area (Å²) < 4.78 is 1.71. The molecule has 2 heterocycles. The third kappa shape index (κ3) is 5.79. The molecule has 0 bridgehead atoms. The number of hydrogen-bond donors (Lipinski definition) is 2. The minimum absolute atomic E-state index is 0.177. The summed E-state index contributed by atoms with van der Waals surface area (Å²) in [5.74, 6) is 1.19. The second-order valence-electron chi connectivity index (χ2n) is 8.06. The van der Waals surface area contributed by atoms with Gasteiger partial charge in [-0.05, 0) is 56.0 Å². The minimum Gasteiger partial charge on any atom is -0.328 e. The molecule has 2 amide bonds. The molecule has 28 heavy (non-hydrogen) atoms. The molecule has 1 aliphatic rings. The third-order valence-electron chi connectivity index (χ3n) is 5.11. The van der Waals surface area contributed by atoms with Crippen LogP contribution in [0, 0.1) is 5.92 Å². The van der Waals surface area contributed by atoms with Crippen molar-refractivity contribution in [1.29, 1.82) is 0 Å². The van der Waals surface area contributed by atoms with Crippen molar-refractivity contribution in [3.05, 3.63) is 42.0 Å². The maximum absolute atomic E-state index is 12.6. The van der Waals surface area contributed by atoms with Gasteiger partial charge in [-0.3, -0.25) is 9.58 Å². The van der Waals surface area contributed by atoms with Gasteiger partial charge in [0.15, 0.2) is 0 Å². The Hall–Kier alpha value is -2.41. The van der Waals surface area contributed by atoms with Crippen molar-refractivity contribution in [2.45, 2.75) is 52.1 Å². The van der Waals surface area contributed by atoms with Gasteiger partial charge in [-0.25, -0.2) is 9.78 Å². The van der Waals surface area contributed by atoms with Crippen LogP contribution in [0.4, 0.5) is 10.5 Å². The fourth-order valence-corrected chi connectivity index (χ4v) is 3.77. The van der Waals surface area contributed by atoms with E-state index in [1.54, 1.807) is 4.68 Å². The highest BCUT2D eigenvalue weighted by molar-refractivity contribution is 5.89. The molecule has 0 aliphatic carbocycles. The van der Waals surface area contributed by atoms with Crippen molar-refractivity contribution in [2.75, 3.05) is 18.4 Å². The van der Waals surface area contributed by atoms with E-state index in [-0.39, 0.29) is 12.1 Å². The Labute approximate surface area is 167 Å². The van der Waals surface area contributed by atoms with Crippen LogP contribution in [0.5, 0.6) is 0 Å². The van der Waals surface area contributed by atoms with Crippen molar-refractivity contribution >= 4 is 11.7 Å². The van der Waals surface area contributed by atoms with Crippen LogP contribution in [0.15, 0.2) is 30.6 Å². The molecule has 7 nitrogen and oxygen atoms in total. The van der Waals surface area contributed by atoms with Crippen LogP contribution in [0.2, 0.25) is 0 Å². The first-order chi connectivity index (χ1) is 13.5. The number of aryl methyl sites for hydroxylation is 1. The summed E-state index contributed by atoms with van der Waals surface area (Å²) in [6.45, 7) is 7.52. The Bertz CT molecular complexity index is 766. The normalized spacial score (nSPS) is 16.1. The predicted octanol–water partition coefficient (Wildman–Crippen LogP) is 3.71. The number of nitrogens with zero attached hydrogens (tertiary/aromatic N) is 4. The van der Waals surface area contributed by atoms with Gasteiger partial charge in [0.2, 0.25) is 0 Å². The van der Waals surface area contributed by atoms with E-state index in [1.165, 1.54) is 31.2 Å². The van der Waals surface area contributed by atoms with E-state index in [2.05, 4.69) is 51.6 Å². The first kappa shape index (κ1) is 20.3. The zero-order valence-corrected chi connectivity index (χ0v) is 17.2. The van der Waals surface area contributed by atoms with E-state index < -0.39 is 0 Å². The second kappa shape index (κ2) is 9.68. The predicted molar refractivity (Wildman–Crippen MR) is 111 cm³/mol. The standard InChI is InChI=1S/C21H32N6O/c1-16(2)12-19(20-22-15-23-26(20)3)25-21(28)24-18-9-7-8-17(13-18)14-27-10-5-4-6-11-27/h7-9,13,15-16,19H,4-6,10-12,14H2,1-3H3,(H2,24,25,28). The Morgan fingerprint density at radius 1 is 1.21 bits per heavy atom. The van der Waals surface area contributed by atoms with Crippen molar-refractivity contribution in [2.24, 2.45) is 13.0 Å². The molecule has 0 saturated carbocycles. The van der Waals surface area contributed by atoms with Gasteiger partial charge in [0.1, 0.15) is 12.2 Å². The molecule has 1 aromatic heterocycles. The Balaban J connectivity index is 1.61. The highest BCUT2D eigenvalue weighted by Crippen LogP contribution is 2.20. The number of urea groups is 1. The monoisotopic (exact) mass is 384 g/mol. The Kier molecular flexibility index (Phi) is 7.03. The summed E-state index contributed by atoms with van der Waals surface area (Å²) in [7, 11) is 1.85. The molecule has 1 unspecified atom stereocenters. The number of aromatic nitrogens is 3. The van der Waals surface area contributed by atoms with Gasteiger partial charge < -0.3 is 10.6 Å². The van der Waals surface area contributed by atoms with Crippen molar-refractivity contribution in [3.8, 4) is 0 Å². The molecule has 1 atom stereocenters. The summed E-state index contributed by atoms with van der Waals surface area (Å²) in [5, 5.41) is 10.2. The molecule has 0 radical (unpaired) electrons. The van der Waals surface area contributed by atoms with Crippen molar-refractivity contribution in [3.63, 3.8) is 0 Å². The van der Waals surface area contributed by atoms with E-state index in [0.717, 1.165) is 37.6 Å². The van der Waals surface area contributed by atoms with E-state index in [9.17, 15) is 4.79 Å². The zero-order valence-electron chi connectivity index (χ0n) is 17.2. The number of carbonyl (C=O) groups excluding carboxylic acids is 1. The van der Waals surface area contributed by atoms with Crippen LogP contribution in [-0.4, -0.2) is 38.8 Å². The number of nitrogens with one attached hydrogen (secondary N) is 2. The number of amides is 2. The van der Waals surface area contributed by atoms with Crippen LogP contribution in [-0.2, 0) is 13.6 Å². The van der Waals surface area contributed by atoms with E-state index in [1.807, 2.05) is 19.2 Å². The van der Waals surface area contributed by atoms with Gasteiger partial charge in [-0.15, -0.1) is 0 Å². The molecule has 2 N–H and O–H groups in total. The molecule has 1 aromatic carbocycles. The van der Waals surface area contributed by atoms with Crippen LogP contribution in [0.3, 0.4) is 0 Å². The van der Waals surface area contributed by atoms with Crippen LogP contribution >= 0.6 is 0 Å². The summed E-state index contributed by atoms with van der Waals surface area (Å²) in [5.41, 5.74) is 2.04. The quantitative estimate of drug-likeness (QED) is 0.763. The highest BCUT2D eigenvalue weighted by Gasteiger charge is 2.20. The SMILES string of the molecule is CC(C)CC(NC(=O)Nc1cccc(CN2CCCCC2)c1)c1ncnn1C. The summed E-state index contributed by atoms with van der Waals surface area (Å²) in [6.07, 6.45) is 6.21. The topological polar surface area (TPSA) is 75.1 Å². The van der Waals surface area contributed by atoms with Gasteiger partial charge in [0, 0.05) is 19.3 Å². The van der Waals surface area contributed by atoms with Crippen LogP contribution in [0.1, 0.15) is 57.0 Å². The molecule has 1 saturated heterocycles. The Morgan fingerprint density at radius 2 is 2.00 bits per heavy atom. The number of likely N-dealkylation sites (tertiary alicyclic amines) is 1. The molecule has 1 aliphatic heterocycles. The van der Waals surface area contributed by atoms with Crippen LogP contribution < -0.4 is 10.6 Å².